The molecule has 21 heavy (non-hydrogen) atoms. The highest BCUT2D eigenvalue weighted by atomic mass is 16.5. The molecule has 1 heterocycles. The molecule has 1 aliphatic rings. The van der Waals surface area contributed by atoms with E-state index in [1.165, 1.54) is 6.42 Å². The molecule has 0 spiro atoms. The number of hydrogen-bond acceptors (Lipinski definition) is 5. The molecule has 0 bridgehead atoms. The van der Waals surface area contributed by atoms with Gasteiger partial charge in [-0.3, -0.25) is 0 Å². The van der Waals surface area contributed by atoms with Gasteiger partial charge in [-0.1, -0.05) is 0 Å². The molecule has 0 amide bonds. The van der Waals surface area contributed by atoms with Crippen molar-refractivity contribution in [1.29, 1.82) is 0 Å². The summed E-state index contributed by atoms with van der Waals surface area (Å²) in [6.07, 6.45) is 3.25. The SMILES string of the molecule is COc1ccc(OCC(O)CNCC2CCCCO2)cc1. The Kier molecular flexibility index (Phi) is 6.79. The van der Waals surface area contributed by atoms with Crippen molar-refractivity contribution in [3.05, 3.63) is 24.3 Å². The van der Waals surface area contributed by atoms with Crippen LogP contribution < -0.4 is 14.8 Å². The predicted octanol–water partition coefficient (Wildman–Crippen LogP) is 1.59. The highest BCUT2D eigenvalue weighted by Gasteiger charge is 2.14. The molecule has 0 saturated carbocycles. The Hall–Kier alpha value is -1.30. The van der Waals surface area contributed by atoms with Crippen LogP contribution in [0.5, 0.6) is 11.5 Å². The highest BCUT2D eigenvalue weighted by Crippen LogP contribution is 2.17. The van der Waals surface area contributed by atoms with Crippen LogP contribution in [0.25, 0.3) is 0 Å². The minimum Gasteiger partial charge on any atom is -0.497 e. The quantitative estimate of drug-likeness (QED) is 0.763. The number of methoxy groups -OCH3 is 1. The molecule has 1 aliphatic heterocycles. The molecule has 1 fully saturated rings. The maximum absolute atomic E-state index is 9.89. The number of ether oxygens (including phenoxy) is 3. The van der Waals surface area contributed by atoms with E-state index in [2.05, 4.69) is 5.32 Å². The Balaban J connectivity index is 1.59. The van der Waals surface area contributed by atoms with Crippen LogP contribution in [0.3, 0.4) is 0 Å². The van der Waals surface area contributed by atoms with Crippen molar-refractivity contribution in [3.63, 3.8) is 0 Å². The summed E-state index contributed by atoms with van der Waals surface area (Å²) in [5.74, 6) is 1.52. The van der Waals surface area contributed by atoms with Gasteiger partial charge in [-0.15, -0.1) is 0 Å². The smallest absolute Gasteiger partial charge is 0.119 e. The largest absolute Gasteiger partial charge is 0.497 e. The van der Waals surface area contributed by atoms with Gasteiger partial charge in [0.1, 0.15) is 24.2 Å². The molecule has 2 atom stereocenters. The van der Waals surface area contributed by atoms with E-state index in [4.69, 9.17) is 14.2 Å². The van der Waals surface area contributed by atoms with E-state index >= 15 is 0 Å². The van der Waals surface area contributed by atoms with Gasteiger partial charge in [0.2, 0.25) is 0 Å². The number of aliphatic hydroxyl groups is 1. The molecule has 0 radical (unpaired) electrons. The van der Waals surface area contributed by atoms with Gasteiger partial charge in [-0.05, 0) is 43.5 Å². The minimum atomic E-state index is -0.532. The molecule has 118 valence electrons. The number of benzene rings is 1. The Bertz CT molecular complexity index is 390. The lowest BCUT2D eigenvalue weighted by Gasteiger charge is -2.23. The fourth-order valence-electron chi connectivity index (χ4n) is 2.30. The van der Waals surface area contributed by atoms with E-state index in [0.717, 1.165) is 37.5 Å². The molecule has 0 aliphatic carbocycles. The third-order valence-corrected chi connectivity index (χ3v) is 3.53. The first kappa shape index (κ1) is 16.1. The summed E-state index contributed by atoms with van der Waals surface area (Å²) in [5, 5.41) is 13.1. The van der Waals surface area contributed by atoms with Gasteiger partial charge in [0, 0.05) is 19.7 Å². The zero-order chi connectivity index (χ0) is 14.9. The van der Waals surface area contributed by atoms with Crippen molar-refractivity contribution in [2.75, 3.05) is 33.4 Å². The lowest BCUT2D eigenvalue weighted by atomic mass is 10.1. The highest BCUT2D eigenvalue weighted by molar-refractivity contribution is 5.31. The first-order chi connectivity index (χ1) is 10.3. The van der Waals surface area contributed by atoms with Gasteiger partial charge in [-0.25, -0.2) is 0 Å². The van der Waals surface area contributed by atoms with Gasteiger partial charge in [0.15, 0.2) is 0 Å². The number of aliphatic hydroxyl groups excluding tert-OH is 1. The summed E-state index contributed by atoms with van der Waals surface area (Å²) in [4.78, 5) is 0. The topological polar surface area (TPSA) is 60.0 Å². The maximum atomic E-state index is 9.89. The first-order valence-electron chi connectivity index (χ1n) is 7.55. The fourth-order valence-corrected chi connectivity index (χ4v) is 2.30. The third kappa shape index (κ3) is 5.91. The molecule has 5 heteroatoms. The average Bonchev–Trinajstić information content (AvgIpc) is 2.54. The monoisotopic (exact) mass is 295 g/mol. The number of hydrogen-bond donors (Lipinski definition) is 2. The summed E-state index contributed by atoms with van der Waals surface area (Å²) in [6.45, 7) is 2.43. The second-order valence-electron chi connectivity index (χ2n) is 5.29. The van der Waals surface area contributed by atoms with E-state index in [0.29, 0.717) is 6.54 Å². The Morgan fingerprint density at radius 3 is 2.71 bits per heavy atom. The van der Waals surface area contributed by atoms with Gasteiger partial charge in [-0.2, -0.15) is 0 Å². The van der Waals surface area contributed by atoms with E-state index in [9.17, 15) is 5.11 Å². The van der Waals surface area contributed by atoms with Crippen LogP contribution in [0.1, 0.15) is 19.3 Å². The fraction of sp³-hybridized carbons (Fsp3) is 0.625. The predicted molar refractivity (Wildman–Crippen MR) is 81.0 cm³/mol. The normalized spacial score (nSPS) is 20.0. The third-order valence-electron chi connectivity index (χ3n) is 3.53. The zero-order valence-corrected chi connectivity index (χ0v) is 12.6. The Labute approximate surface area is 126 Å². The molecule has 1 saturated heterocycles. The van der Waals surface area contributed by atoms with Crippen molar-refractivity contribution in [2.24, 2.45) is 0 Å². The van der Waals surface area contributed by atoms with E-state index < -0.39 is 6.10 Å². The van der Waals surface area contributed by atoms with Gasteiger partial charge in [0.05, 0.1) is 13.2 Å². The van der Waals surface area contributed by atoms with Gasteiger partial charge < -0.3 is 24.6 Å². The molecule has 2 rings (SSSR count). The van der Waals surface area contributed by atoms with Crippen molar-refractivity contribution in [3.8, 4) is 11.5 Å². The first-order valence-corrected chi connectivity index (χ1v) is 7.55. The lowest BCUT2D eigenvalue weighted by molar-refractivity contribution is 0.0141. The van der Waals surface area contributed by atoms with Crippen LogP contribution in [0, 0.1) is 0 Å². The van der Waals surface area contributed by atoms with Gasteiger partial charge >= 0.3 is 0 Å². The summed E-state index contributed by atoms with van der Waals surface area (Å²) >= 11 is 0. The van der Waals surface area contributed by atoms with Crippen LogP contribution >= 0.6 is 0 Å². The summed E-state index contributed by atoms with van der Waals surface area (Å²) in [7, 11) is 1.63. The molecule has 1 aromatic carbocycles. The van der Waals surface area contributed by atoms with E-state index in [1.54, 1.807) is 7.11 Å². The van der Waals surface area contributed by atoms with E-state index in [-0.39, 0.29) is 12.7 Å². The summed E-state index contributed by atoms with van der Waals surface area (Å²) < 4.78 is 16.2. The van der Waals surface area contributed by atoms with Crippen molar-refractivity contribution < 1.29 is 19.3 Å². The molecule has 5 nitrogen and oxygen atoms in total. The van der Waals surface area contributed by atoms with Crippen LogP contribution in [-0.2, 0) is 4.74 Å². The summed E-state index contributed by atoms with van der Waals surface area (Å²) in [6, 6.07) is 7.32. The van der Waals surface area contributed by atoms with Crippen molar-refractivity contribution in [1.82, 2.24) is 5.32 Å². The number of nitrogens with one attached hydrogen (secondary N) is 1. The van der Waals surface area contributed by atoms with Gasteiger partial charge in [0.25, 0.3) is 0 Å². The zero-order valence-electron chi connectivity index (χ0n) is 12.6. The van der Waals surface area contributed by atoms with E-state index in [1.807, 2.05) is 24.3 Å². The standard InChI is InChI=1S/C16H25NO4/c1-19-14-5-7-15(8-6-14)21-12-13(18)10-17-11-16-4-2-3-9-20-16/h5-8,13,16-18H,2-4,9-12H2,1H3. The van der Waals surface area contributed by atoms with Crippen LogP contribution in [0.4, 0.5) is 0 Å². The minimum absolute atomic E-state index is 0.269. The Morgan fingerprint density at radius 1 is 1.29 bits per heavy atom. The second-order valence-corrected chi connectivity index (χ2v) is 5.29. The molecule has 0 aromatic heterocycles. The second kappa shape index (κ2) is 8.87. The maximum Gasteiger partial charge on any atom is 0.119 e. The average molecular weight is 295 g/mol. The molecule has 2 unspecified atom stereocenters. The molecular weight excluding hydrogens is 270 g/mol. The molecule has 2 N–H and O–H groups in total. The molecule has 1 aromatic rings. The van der Waals surface area contributed by atoms with Crippen LogP contribution in [0.2, 0.25) is 0 Å². The van der Waals surface area contributed by atoms with Crippen molar-refractivity contribution >= 4 is 0 Å². The Morgan fingerprint density at radius 2 is 2.05 bits per heavy atom. The lowest BCUT2D eigenvalue weighted by Crippen LogP contribution is -2.37. The summed E-state index contributed by atoms with van der Waals surface area (Å²) in [5.41, 5.74) is 0. The van der Waals surface area contributed by atoms with Crippen LogP contribution in [0.15, 0.2) is 24.3 Å². The van der Waals surface area contributed by atoms with Crippen LogP contribution in [-0.4, -0.2) is 50.7 Å². The number of rotatable bonds is 8. The van der Waals surface area contributed by atoms with Crippen molar-refractivity contribution in [2.45, 2.75) is 31.5 Å². The molecular formula is C16H25NO4.